The first-order valence-corrected chi connectivity index (χ1v) is 12.9. The van der Waals surface area contributed by atoms with Gasteiger partial charge < -0.3 is 10.1 Å². The number of rotatable bonds is 8. The van der Waals surface area contributed by atoms with Gasteiger partial charge in [-0.05, 0) is 36.2 Å². The Labute approximate surface area is 199 Å². The van der Waals surface area contributed by atoms with Crippen LogP contribution in [0.3, 0.4) is 0 Å². The zero-order chi connectivity index (χ0) is 23.3. The number of nitrogens with zero attached hydrogens (tertiary/aromatic N) is 2. The number of nitrogens with one attached hydrogen (secondary N) is 1. The van der Waals surface area contributed by atoms with Gasteiger partial charge in [-0.1, -0.05) is 47.5 Å². The average molecular weight is 500 g/mol. The van der Waals surface area contributed by atoms with E-state index in [0.717, 1.165) is 49.0 Å². The number of halogens is 2. The Morgan fingerprint density at radius 2 is 1.72 bits per heavy atom. The summed E-state index contributed by atoms with van der Waals surface area (Å²) in [6, 6.07) is 11.5. The average Bonchev–Trinajstić information content (AvgIpc) is 2.75. The first kappa shape index (κ1) is 24.8. The van der Waals surface area contributed by atoms with E-state index >= 15 is 0 Å². The van der Waals surface area contributed by atoms with Crippen LogP contribution in [0.5, 0.6) is 0 Å². The molecule has 174 valence electrons. The summed E-state index contributed by atoms with van der Waals surface area (Å²) in [6.07, 6.45) is 1.05. The summed E-state index contributed by atoms with van der Waals surface area (Å²) in [5.41, 5.74) is 2.40. The molecule has 2 aromatic rings. The number of morpholine rings is 1. The van der Waals surface area contributed by atoms with Crippen LogP contribution in [0.1, 0.15) is 18.1 Å². The van der Waals surface area contributed by atoms with Gasteiger partial charge in [0, 0.05) is 26.2 Å². The molecule has 1 saturated heterocycles. The van der Waals surface area contributed by atoms with E-state index in [-0.39, 0.29) is 10.7 Å². The molecule has 32 heavy (non-hydrogen) atoms. The molecule has 1 aliphatic rings. The highest BCUT2D eigenvalue weighted by molar-refractivity contribution is 7.92. The SMILES string of the molecule is CC(C(=O)NCc1ccc(CN2CCOCC2)cc1)N(c1ccc(Cl)c(Cl)c1)S(C)(=O)=O. The van der Waals surface area contributed by atoms with Crippen molar-refractivity contribution in [1.29, 1.82) is 0 Å². The van der Waals surface area contributed by atoms with Crippen molar-refractivity contribution in [1.82, 2.24) is 10.2 Å². The van der Waals surface area contributed by atoms with Crippen molar-refractivity contribution in [2.75, 3.05) is 36.9 Å². The minimum Gasteiger partial charge on any atom is -0.379 e. The number of hydrogen-bond acceptors (Lipinski definition) is 5. The maximum atomic E-state index is 12.8. The quantitative estimate of drug-likeness (QED) is 0.602. The van der Waals surface area contributed by atoms with E-state index in [4.69, 9.17) is 27.9 Å². The summed E-state index contributed by atoms with van der Waals surface area (Å²) < 4.78 is 31.2. The van der Waals surface area contributed by atoms with Gasteiger partial charge in [-0.15, -0.1) is 0 Å². The van der Waals surface area contributed by atoms with Gasteiger partial charge in [-0.25, -0.2) is 8.42 Å². The lowest BCUT2D eigenvalue weighted by Crippen LogP contribution is -2.47. The minimum absolute atomic E-state index is 0.211. The molecule has 3 rings (SSSR count). The van der Waals surface area contributed by atoms with E-state index in [9.17, 15) is 13.2 Å². The van der Waals surface area contributed by atoms with Crippen LogP contribution in [-0.4, -0.2) is 57.8 Å². The smallest absolute Gasteiger partial charge is 0.243 e. The number of carbonyl (C=O) groups excluding carboxylic acids is 1. The molecule has 10 heteroatoms. The van der Waals surface area contributed by atoms with Gasteiger partial charge in [-0.2, -0.15) is 0 Å². The molecule has 1 N–H and O–H groups in total. The first-order chi connectivity index (χ1) is 15.1. The summed E-state index contributed by atoms with van der Waals surface area (Å²) in [6.45, 7) is 6.05. The van der Waals surface area contributed by atoms with Crippen molar-refractivity contribution in [2.24, 2.45) is 0 Å². The first-order valence-electron chi connectivity index (χ1n) is 10.3. The molecule has 1 heterocycles. The van der Waals surface area contributed by atoms with Crippen LogP contribution in [0.25, 0.3) is 0 Å². The Morgan fingerprint density at radius 1 is 1.09 bits per heavy atom. The third kappa shape index (κ3) is 6.59. The highest BCUT2D eigenvalue weighted by atomic mass is 35.5. The third-order valence-corrected chi connectivity index (χ3v) is 7.23. The molecular formula is C22H27Cl2N3O4S. The van der Waals surface area contributed by atoms with Crippen molar-refractivity contribution >= 4 is 44.8 Å². The van der Waals surface area contributed by atoms with Crippen LogP contribution in [0.4, 0.5) is 5.69 Å². The molecule has 2 aromatic carbocycles. The predicted octanol–water partition coefficient (Wildman–Crippen LogP) is 3.30. The van der Waals surface area contributed by atoms with Gasteiger partial charge in [0.15, 0.2) is 0 Å². The highest BCUT2D eigenvalue weighted by Gasteiger charge is 2.29. The zero-order valence-electron chi connectivity index (χ0n) is 18.1. The monoisotopic (exact) mass is 499 g/mol. The maximum Gasteiger partial charge on any atom is 0.243 e. The van der Waals surface area contributed by atoms with Gasteiger partial charge in [0.25, 0.3) is 0 Å². The fourth-order valence-corrected chi connectivity index (χ4v) is 5.01. The lowest BCUT2D eigenvalue weighted by atomic mass is 10.1. The summed E-state index contributed by atoms with van der Waals surface area (Å²) >= 11 is 12.0. The molecule has 1 atom stereocenters. The Kier molecular flexibility index (Phi) is 8.41. The number of ether oxygens (including phenoxy) is 1. The standard InChI is InChI=1S/C22H27Cl2N3O4S/c1-16(27(32(2,29)30)19-7-8-20(23)21(24)13-19)22(28)25-14-17-3-5-18(6-4-17)15-26-9-11-31-12-10-26/h3-8,13,16H,9-12,14-15H2,1-2H3,(H,25,28). The molecule has 0 spiro atoms. The Morgan fingerprint density at radius 3 is 2.31 bits per heavy atom. The van der Waals surface area contributed by atoms with Crippen molar-refractivity contribution in [3.05, 3.63) is 63.6 Å². The van der Waals surface area contributed by atoms with Gasteiger partial charge >= 0.3 is 0 Å². The molecule has 1 amide bonds. The van der Waals surface area contributed by atoms with E-state index in [2.05, 4.69) is 10.2 Å². The molecule has 0 radical (unpaired) electrons. The summed E-state index contributed by atoms with van der Waals surface area (Å²) in [5.74, 6) is -0.418. The largest absolute Gasteiger partial charge is 0.379 e. The van der Waals surface area contributed by atoms with E-state index in [0.29, 0.717) is 11.6 Å². The van der Waals surface area contributed by atoms with Gasteiger partial charge in [0.1, 0.15) is 6.04 Å². The second-order valence-electron chi connectivity index (χ2n) is 7.76. The van der Waals surface area contributed by atoms with E-state index in [1.807, 2.05) is 24.3 Å². The van der Waals surface area contributed by atoms with Crippen LogP contribution in [0, 0.1) is 0 Å². The Balaban J connectivity index is 1.62. The molecule has 0 aromatic heterocycles. The van der Waals surface area contributed by atoms with E-state index < -0.39 is 22.0 Å². The van der Waals surface area contributed by atoms with Gasteiger partial charge in [0.05, 0.1) is 35.2 Å². The number of sulfonamides is 1. The van der Waals surface area contributed by atoms with Crippen LogP contribution in [0.15, 0.2) is 42.5 Å². The van der Waals surface area contributed by atoms with Crippen LogP contribution >= 0.6 is 23.2 Å². The second-order valence-corrected chi connectivity index (χ2v) is 10.4. The van der Waals surface area contributed by atoms with Crippen molar-refractivity contribution in [3.8, 4) is 0 Å². The van der Waals surface area contributed by atoms with Crippen molar-refractivity contribution < 1.29 is 17.9 Å². The number of carbonyl (C=O) groups is 1. The fourth-order valence-electron chi connectivity index (χ4n) is 3.55. The number of amides is 1. The van der Waals surface area contributed by atoms with E-state index in [1.165, 1.54) is 30.7 Å². The maximum absolute atomic E-state index is 12.8. The molecule has 1 aliphatic heterocycles. The molecule has 7 nitrogen and oxygen atoms in total. The molecule has 1 fully saturated rings. The normalized spacial score (nSPS) is 15.9. The summed E-state index contributed by atoms with van der Waals surface area (Å²) in [4.78, 5) is 15.1. The second kappa shape index (κ2) is 10.9. The Bertz CT molecular complexity index is 1040. The molecule has 0 bridgehead atoms. The summed E-state index contributed by atoms with van der Waals surface area (Å²) in [7, 11) is -3.74. The Hall–Kier alpha value is -1.84. The third-order valence-electron chi connectivity index (χ3n) is 5.25. The summed E-state index contributed by atoms with van der Waals surface area (Å²) in [5, 5.41) is 3.33. The lowest BCUT2D eigenvalue weighted by Gasteiger charge is -2.28. The number of benzene rings is 2. The lowest BCUT2D eigenvalue weighted by molar-refractivity contribution is -0.122. The topological polar surface area (TPSA) is 79.0 Å². The number of hydrogen-bond donors (Lipinski definition) is 1. The van der Waals surface area contributed by atoms with Crippen molar-refractivity contribution in [3.63, 3.8) is 0 Å². The predicted molar refractivity (Wildman–Crippen MR) is 128 cm³/mol. The number of anilines is 1. The van der Waals surface area contributed by atoms with Gasteiger partial charge in [-0.3, -0.25) is 14.0 Å². The molecule has 0 saturated carbocycles. The highest BCUT2D eigenvalue weighted by Crippen LogP contribution is 2.29. The van der Waals surface area contributed by atoms with Crippen LogP contribution in [-0.2, 0) is 32.6 Å². The van der Waals surface area contributed by atoms with Crippen molar-refractivity contribution in [2.45, 2.75) is 26.1 Å². The molecule has 1 unspecified atom stereocenters. The minimum atomic E-state index is -3.74. The van der Waals surface area contributed by atoms with Crippen LogP contribution < -0.4 is 9.62 Å². The fraction of sp³-hybridized carbons (Fsp3) is 0.409. The van der Waals surface area contributed by atoms with Gasteiger partial charge in [0.2, 0.25) is 15.9 Å². The molecular weight excluding hydrogens is 473 g/mol. The van der Waals surface area contributed by atoms with E-state index in [1.54, 1.807) is 0 Å². The van der Waals surface area contributed by atoms with Crippen LogP contribution in [0.2, 0.25) is 10.0 Å². The zero-order valence-corrected chi connectivity index (χ0v) is 20.4. The molecule has 0 aliphatic carbocycles.